The Kier molecular flexibility index (Phi) is 4.90. The Morgan fingerprint density at radius 2 is 1.76 bits per heavy atom. The summed E-state index contributed by atoms with van der Waals surface area (Å²) in [6, 6.07) is 14.2. The topological polar surface area (TPSA) is 75.2 Å². The number of halogens is 1. The van der Waals surface area contributed by atoms with Gasteiger partial charge in [-0.3, -0.25) is 14.6 Å². The summed E-state index contributed by atoms with van der Waals surface area (Å²) < 4.78 is 0. The molecule has 25 heavy (non-hydrogen) atoms. The SMILES string of the molecule is CN(CC(=O)Nc1ccccc1Cl)C(=O)c1cnc2ccccc2n1. The van der Waals surface area contributed by atoms with Gasteiger partial charge in [0.1, 0.15) is 5.69 Å². The molecule has 1 N–H and O–H groups in total. The van der Waals surface area contributed by atoms with Crippen LogP contribution in [0.1, 0.15) is 10.5 Å². The van der Waals surface area contributed by atoms with Gasteiger partial charge in [0.2, 0.25) is 5.91 Å². The fraction of sp³-hybridized carbons (Fsp3) is 0.111. The highest BCUT2D eigenvalue weighted by atomic mass is 35.5. The zero-order valence-corrected chi connectivity index (χ0v) is 14.2. The van der Waals surface area contributed by atoms with Crippen LogP contribution in [0.4, 0.5) is 5.69 Å². The second-order valence-corrected chi connectivity index (χ2v) is 5.84. The Hall–Kier alpha value is -2.99. The maximum atomic E-state index is 12.5. The minimum atomic E-state index is -0.382. The molecule has 7 heteroatoms. The van der Waals surface area contributed by atoms with E-state index >= 15 is 0 Å². The van der Waals surface area contributed by atoms with Crippen LogP contribution in [0.25, 0.3) is 11.0 Å². The van der Waals surface area contributed by atoms with Gasteiger partial charge in [-0.1, -0.05) is 35.9 Å². The molecule has 1 aromatic heterocycles. The Bertz CT molecular complexity index is 945. The first-order valence-electron chi connectivity index (χ1n) is 7.56. The number of aromatic nitrogens is 2. The summed E-state index contributed by atoms with van der Waals surface area (Å²) in [6.45, 7) is -0.126. The predicted octanol–water partition coefficient (Wildman–Crippen LogP) is 2.99. The second kappa shape index (κ2) is 7.27. The zero-order valence-electron chi connectivity index (χ0n) is 13.4. The Morgan fingerprint density at radius 3 is 2.52 bits per heavy atom. The Morgan fingerprint density at radius 1 is 1.08 bits per heavy atom. The summed E-state index contributed by atoms with van der Waals surface area (Å²) in [5.74, 6) is -0.731. The largest absolute Gasteiger partial charge is 0.331 e. The lowest BCUT2D eigenvalue weighted by atomic mass is 10.3. The predicted molar refractivity (Wildman–Crippen MR) is 96.6 cm³/mol. The lowest BCUT2D eigenvalue weighted by Gasteiger charge is -2.16. The number of amides is 2. The third-order valence-electron chi connectivity index (χ3n) is 3.54. The van der Waals surface area contributed by atoms with Gasteiger partial charge in [0, 0.05) is 7.05 Å². The molecule has 0 atom stereocenters. The van der Waals surface area contributed by atoms with Crippen molar-refractivity contribution in [3.8, 4) is 0 Å². The van der Waals surface area contributed by atoms with Gasteiger partial charge in [0.25, 0.3) is 5.91 Å². The van der Waals surface area contributed by atoms with Crippen molar-refractivity contribution in [2.45, 2.75) is 0 Å². The summed E-state index contributed by atoms with van der Waals surface area (Å²) in [5.41, 5.74) is 2.02. The van der Waals surface area contributed by atoms with E-state index in [4.69, 9.17) is 11.6 Å². The number of nitrogens with zero attached hydrogens (tertiary/aromatic N) is 3. The Labute approximate surface area is 149 Å². The number of nitrogens with one attached hydrogen (secondary N) is 1. The summed E-state index contributed by atoms with van der Waals surface area (Å²) in [7, 11) is 1.53. The molecule has 2 amide bonds. The van der Waals surface area contributed by atoms with Crippen LogP contribution in [0.3, 0.4) is 0 Å². The molecule has 0 radical (unpaired) electrons. The minimum Gasteiger partial charge on any atom is -0.331 e. The van der Waals surface area contributed by atoms with Crippen LogP contribution in [0.15, 0.2) is 54.7 Å². The molecule has 3 aromatic rings. The number of benzene rings is 2. The molecule has 1 heterocycles. The summed E-state index contributed by atoms with van der Waals surface area (Å²) >= 11 is 6.01. The number of anilines is 1. The molecule has 6 nitrogen and oxygen atoms in total. The third-order valence-corrected chi connectivity index (χ3v) is 3.87. The maximum Gasteiger partial charge on any atom is 0.274 e. The molecular weight excluding hydrogens is 340 g/mol. The van der Waals surface area contributed by atoms with Crippen molar-refractivity contribution in [1.29, 1.82) is 0 Å². The normalized spacial score (nSPS) is 10.5. The lowest BCUT2D eigenvalue weighted by molar-refractivity contribution is -0.116. The van der Waals surface area contributed by atoms with E-state index in [2.05, 4.69) is 15.3 Å². The molecule has 0 spiro atoms. The number of likely N-dealkylation sites (N-methyl/N-ethyl adjacent to an activating group) is 1. The molecule has 0 aliphatic heterocycles. The van der Waals surface area contributed by atoms with Crippen LogP contribution in [-0.2, 0) is 4.79 Å². The lowest BCUT2D eigenvalue weighted by Crippen LogP contribution is -2.35. The highest BCUT2D eigenvalue weighted by Gasteiger charge is 2.17. The van der Waals surface area contributed by atoms with Crippen molar-refractivity contribution in [3.63, 3.8) is 0 Å². The molecule has 0 aliphatic rings. The van der Waals surface area contributed by atoms with Crippen molar-refractivity contribution in [2.75, 3.05) is 18.9 Å². The number of carbonyl (C=O) groups excluding carboxylic acids is 2. The smallest absolute Gasteiger partial charge is 0.274 e. The van der Waals surface area contributed by atoms with Gasteiger partial charge in [-0.15, -0.1) is 0 Å². The van der Waals surface area contributed by atoms with Crippen LogP contribution in [0.2, 0.25) is 5.02 Å². The quantitative estimate of drug-likeness (QED) is 0.781. The van der Waals surface area contributed by atoms with Gasteiger partial charge >= 0.3 is 0 Å². The van der Waals surface area contributed by atoms with Crippen LogP contribution in [-0.4, -0.2) is 40.3 Å². The molecule has 0 aliphatic carbocycles. The van der Waals surface area contributed by atoms with Crippen LogP contribution >= 0.6 is 11.6 Å². The fourth-order valence-corrected chi connectivity index (χ4v) is 2.48. The minimum absolute atomic E-state index is 0.126. The molecule has 3 rings (SSSR count). The number of para-hydroxylation sites is 3. The van der Waals surface area contributed by atoms with Crippen molar-refractivity contribution in [2.24, 2.45) is 0 Å². The van der Waals surface area contributed by atoms with Crippen LogP contribution < -0.4 is 5.32 Å². The summed E-state index contributed by atoms with van der Waals surface area (Å²) in [5, 5.41) is 3.11. The van der Waals surface area contributed by atoms with E-state index in [0.29, 0.717) is 21.7 Å². The van der Waals surface area contributed by atoms with E-state index in [1.165, 1.54) is 18.1 Å². The first kappa shape index (κ1) is 16.9. The number of carbonyl (C=O) groups is 2. The molecule has 0 unspecified atom stereocenters. The van der Waals surface area contributed by atoms with Gasteiger partial charge in [-0.2, -0.15) is 0 Å². The van der Waals surface area contributed by atoms with E-state index in [9.17, 15) is 9.59 Å². The highest BCUT2D eigenvalue weighted by molar-refractivity contribution is 6.33. The maximum absolute atomic E-state index is 12.5. The van der Waals surface area contributed by atoms with Gasteiger partial charge in [0.15, 0.2) is 0 Å². The second-order valence-electron chi connectivity index (χ2n) is 5.43. The molecule has 2 aromatic carbocycles. The number of hydrogen-bond donors (Lipinski definition) is 1. The molecule has 0 bridgehead atoms. The molecule has 0 saturated carbocycles. The van der Waals surface area contributed by atoms with Crippen molar-refractivity contribution >= 4 is 40.1 Å². The number of fused-ring (bicyclic) bond motifs is 1. The van der Waals surface area contributed by atoms with Gasteiger partial charge in [0.05, 0.1) is 34.5 Å². The number of hydrogen-bond acceptors (Lipinski definition) is 4. The van der Waals surface area contributed by atoms with Gasteiger partial charge in [-0.05, 0) is 24.3 Å². The van der Waals surface area contributed by atoms with Crippen LogP contribution in [0, 0.1) is 0 Å². The average Bonchev–Trinajstić information content (AvgIpc) is 2.62. The van der Waals surface area contributed by atoms with Crippen LogP contribution in [0.5, 0.6) is 0 Å². The zero-order chi connectivity index (χ0) is 17.8. The molecule has 0 fully saturated rings. The van der Waals surface area contributed by atoms with E-state index in [0.717, 1.165) is 0 Å². The fourth-order valence-electron chi connectivity index (χ4n) is 2.30. The van der Waals surface area contributed by atoms with Crippen molar-refractivity contribution in [3.05, 3.63) is 65.4 Å². The first-order valence-corrected chi connectivity index (χ1v) is 7.94. The average molecular weight is 355 g/mol. The molecule has 126 valence electrons. The van der Waals surface area contributed by atoms with E-state index in [1.54, 1.807) is 30.3 Å². The van der Waals surface area contributed by atoms with E-state index in [1.807, 2.05) is 18.2 Å². The standard InChI is InChI=1S/C18H15ClN4O2/c1-23(11-17(24)22-13-7-3-2-6-12(13)19)18(25)16-10-20-14-8-4-5-9-15(14)21-16/h2-10H,11H2,1H3,(H,22,24). The summed E-state index contributed by atoms with van der Waals surface area (Å²) in [4.78, 5) is 34.4. The van der Waals surface area contributed by atoms with E-state index in [-0.39, 0.29) is 24.1 Å². The molecular formula is C18H15ClN4O2. The van der Waals surface area contributed by atoms with Gasteiger partial charge in [-0.25, -0.2) is 4.98 Å². The highest BCUT2D eigenvalue weighted by Crippen LogP contribution is 2.20. The van der Waals surface area contributed by atoms with Crippen molar-refractivity contribution in [1.82, 2.24) is 14.9 Å². The van der Waals surface area contributed by atoms with Gasteiger partial charge < -0.3 is 10.2 Å². The summed E-state index contributed by atoms with van der Waals surface area (Å²) in [6.07, 6.45) is 1.41. The third kappa shape index (κ3) is 3.92. The Balaban J connectivity index is 1.69. The first-order chi connectivity index (χ1) is 12.0. The monoisotopic (exact) mass is 354 g/mol. The van der Waals surface area contributed by atoms with E-state index < -0.39 is 0 Å². The molecule has 0 saturated heterocycles. The van der Waals surface area contributed by atoms with Crippen molar-refractivity contribution < 1.29 is 9.59 Å². The number of rotatable bonds is 4.